The van der Waals surface area contributed by atoms with Crippen LogP contribution in [0.5, 0.6) is 0 Å². The number of guanidine groups is 1. The molecule has 5 heteroatoms. The van der Waals surface area contributed by atoms with E-state index in [4.69, 9.17) is 9.73 Å². The Morgan fingerprint density at radius 3 is 2.78 bits per heavy atom. The molecule has 1 saturated heterocycles. The maximum absolute atomic E-state index is 5.36. The van der Waals surface area contributed by atoms with Gasteiger partial charge in [0.25, 0.3) is 0 Å². The Hall–Kier alpha value is -1.07. The minimum absolute atomic E-state index is 0.574. The third-order valence-corrected chi connectivity index (χ3v) is 5.04. The number of nitrogens with one attached hydrogen (secondary N) is 2. The SMILES string of the molecule is CCNC(=NCCC1=CCOCC1)NC1CCN(C2CC2)CC1. The molecule has 0 radical (unpaired) electrons. The second-order valence-corrected chi connectivity index (χ2v) is 6.88. The average molecular weight is 320 g/mol. The molecule has 3 aliphatic rings. The lowest BCUT2D eigenvalue weighted by molar-refractivity contribution is 0.153. The molecule has 0 spiro atoms. The van der Waals surface area contributed by atoms with E-state index in [1.165, 1.54) is 44.3 Å². The van der Waals surface area contributed by atoms with Crippen LogP contribution in [0.25, 0.3) is 0 Å². The van der Waals surface area contributed by atoms with E-state index >= 15 is 0 Å². The molecule has 0 amide bonds. The van der Waals surface area contributed by atoms with Crippen molar-refractivity contribution < 1.29 is 4.74 Å². The largest absolute Gasteiger partial charge is 0.377 e. The maximum Gasteiger partial charge on any atom is 0.191 e. The summed E-state index contributed by atoms with van der Waals surface area (Å²) in [5.74, 6) is 0.991. The maximum atomic E-state index is 5.36. The summed E-state index contributed by atoms with van der Waals surface area (Å²) >= 11 is 0. The fourth-order valence-corrected chi connectivity index (χ4v) is 3.47. The number of nitrogens with zero attached hydrogens (tertiary/aromatic N) is 2. The number of aliphatic imine (C=N–C) groups is 1. The van der Waals surface area contributed by atoms with E-state index < -0.39 is 0 Å². The number of hydrogen-bond donors (Lipinski definition) is 2. The summed E-state index contributed by atoms with van der Waals surface area (Å²) in [6, 6.07) is 1.48. The standard InChI is InChI=1S/C18H32N4O/c1-2-19-18(20-10-5-15-8-13-23-14-9-15)21-16-6-11-22(12-7-16)17-3-4-17/h8,16-17H,2-7,9-14H2,1H3,(H2,19,20,21). The molecule has 0 atom stereocenters. The Labute approximate surface area is 140 Å². The third-order valence-electron chi connectivity index (χ3n) is 5.04. The number of rotatable bonds is 6. The van der Waals surface area contributed by atoms with Gasteiger partial charge in [0, 0.05) is 38.3 Å². The van der Waals surface area contributed by atoms with E-state index in [2.05, 4.69) is 28.5 Å². The average Bonchev–Trinajstić information content (AvgIpc) is 3.42. The molecule has 0 aromatic carbocycles. The van der Waals surface area contributed by atoms with Crippen LogP contribution < -0.4 is 10.6 Å². The lowest BCUT2D eigenvalue weighted by atomic mass is 10.1. The Morgan fingerprint density at radius 1 is 1.30 bits per heavy atom. The van der Waals surface area contributed by atoms with Crippen molar-refractivity contribution in [3.8, 4) is 0 Å². The van der Waals surface area contributed by atoms with E-state index in [9.17, 15) is 0 Å². The van der Waals surface area contributed by atoms with Crippen LogP contribution in [0.4, 0.5) is 0 Å². The summed E-state index contributed by atoms with van der Waals surface area (Å²) in [4.78, 5) is 7.43. The summed E-state index contributed by atoms with van der Waals surface area (Å²) in [5, 5.41) is 7.04. The Bertz CT molecular complexity index is 423. The van der Waals surface area contributed by atoms with Gasteiger partial charge in [-0.05, 0) is 45.4 Å². The molecule has 1 saturated carbocycles. The van der Waals surface area contributed by atoms with Crippen LogP contribution in [-0.2, 0) is 4.74 Å². The zero-order chi connectivity index (χ0) is 15.9. The zero-order valence-corrected chi connectivity index (χ0v) is 14.5. The highest BCUT2D eigenvalue weighted by Gasteiger charge is 2.31. The smallest absolute Gasteiger partial charge is 0.191 e. The molecule has 0 aromatic heterocycles. The number of hydrogen-bond acceptors (Lipinski definition) is 3. The van der Waals surface area contributed by atoms with Crippen molar-refractivity contribution in [1.29, 1.82) is 0 Å². The highest BCUT2D eigenvalue weighted by molar-refractivity contribution is 5.80. The minimum Gasteiger partial charge on any atom is -0.377 e. The first kappa shape index (κ1) is 16.8. The summed E-state index contributed by atoms with van der Waals surface area (Å²) in [6.45, 7) is 8.05. The van der Waals surface area contributed by atoms with Gasteiger partial charge in [-0.25, -0.2) is 0 Å². The second kappa shape index (κ2) is 8.69. The molecular weight excluding hydrogens is 288 g/mol. The number of piperidine rings is 1. The Balaban J connectivity index is 1.42. The Morgan fingerprint density at radius 2 is 2.13 bits per heavy atom. The molecule has 0 aromatic rings. The predicted molar refractivity (Wildman–Crippen MR) is 94.9 cm³/mol. The van der Waals surface area contributed by atoms with E-state index in [1.807, 2.05) is 0 Å². The summed E-state index contributed by atoms with van der Waals surface area (Å²) in [6.07, 6.45) is 9.66. The molecule has 2 fully saturated rings. The van der Waals surface area contributed by atoms with Crippen molar-refractivity contribution in [2.75, 3.05) is 39.4 Å². The normalized spacial score (nSPS) is 24.4. The number of ether oxygens (including phenoxy) is 1. The molecule has 0 unspecified atom stereocenters. The van der Waals surface area contributed by atoms with Gasteiger partial charge in [0.05, 0.1) is 13.2 Å². The van der Waals surface area contributed by atoms with Crippen molar-refractivity contribution in [3.63, 3.8) is 0 Å². The van der Waals surface area contributed by atoms with Gasteiger partial charge in [0.1, 0.15) is 0 Å². The highest BCUT2D eigenvalue weighted by atomic mass is 16.5. The molecule has 3 rings (SSSR count). The number of likely N-dealkylation sites (tertiary alicyclic amines) is 1. The molecule has 23 heavy (non-hydrogen) atoms. The topological polar surface area (TPSA) is 48.9 Å². The molecule has 130 valence electrons. The van der Waals surface area contributed by atoms with Crippen molar-refractivity contribution in [3.05, 3.63) is 11.6 Å². The van der Waals surface area contributed by atoms with Crippen LogP contribution >= 0.6 is 0 Å². The lowest BCUT2D eigenvalue weighted by Gasteiger charge is -2.33. The van der Waals surface area contributed by atoms with Gasteiger partial charge in [0.15, 0.2) is 5.96 Å². The van der Waals surface area contributed by atoms with Gasteiger partial charge in [-0.3, -0.25) is 4.99 Å². The summed E-state index contributed by atoms with van der Waals surface area (Å²) < 4.78 is 5.36. The first-order valence-electron chi connectivity index (χ1n) is 9.39. The Kier molecular flexibility index (Phi) is 6.34. The van der Waals surface area contributed by atoms with E-state index in [0.29, 0.717) is 6.04 Å². The van der Waals surface area contributed by atoms with Crippen LogP contribution in [0.1, 0.15) is 45.4 Å². The van der Waals surface area contributed by atoms with Crippen molar-refractivity contribution in [2.24, 2.45) is 4.99 Å². The monoisotopic (exact) mass is 320 g/mol. The summed E-state index contributed by atoms with van der Waals surface area (Å²) in [7, 11) is 0. The summed E-state index contributed by atoms with van der Waals surface area (Å²) in [5.41, 5.74) is 1.49. The predicted octanol–water partition coefficient (Wildman–Crippen LogP) is 1.91. The van der Waals surface area contributed by atoms with Crippen LogP contribution in [0.2, 0.25) is 0 Å². The van der Waals surface area contributed by atoms with Crippen LogP contribution in [0.3, 0.4) is 0 Å². The van der Waals surface area contributed by atoms with E-state index in [-0.39, 0.29) is 0 Å². The zero-order valence-electron chi connectivity index (χ0n) is 14.5. The van der Waals surface area contributed by atoms with Crippen molar-refractivity contribution in [2.45, 2.75) is 57.5 Å². The van der Waals surface area contributed by atoms with E-state index in [0.717, 1.165) is 51.1 Å². The first-order chi connectivity index (χ1) is 11.3. The van der Waals surface area contributed by atoms with Crippen molar-refractivity contribution in [1.82, 2.24) is 15.5 Å². The first-order valence-corrected chi connectivity index (χ1v) is 9.39. The van der Waals surface area contributed by atoms with Gasteiger partial charge in [0.2, 0.25) is 0 Å². The third kappa shape index (κ3) is 5.50. The fraction of sp³-hybridized carbons (Fsp3) is 0.833. The molecule has 5 nitrogen and oxygen atoms in total. The van der Waals surface area contributed by atoms with Crippen molar-refractivity contribution >= 4 is 5.96 Å². The van der Waals surface area contributed by atoms with Gasteiger partial charge < -0.3 is 20.3 Å². The van der Waals surface area contributed by atoms with Gasteiger partial charge in [-0.2, -0.15) is 0 Å². The molecule has 2 aliphatic heterocycles. The lowest BCUT2D eigenvalue weighted by Crippen LogP contribution is -2.49. The minimum atomic E-state index is 0.574. The van der Waals surface area contributed by atoms with Gasteiger partial charge in [-0.1, -0.05) is 11.6 Å². The molecular formula is C18H32N4O. The van der Waals surface area contributed by atoms with Gasteiger partial charge in [-0.15, -0.1) is 0 Å². The van der Waals surface area contributed by atoms with E-state index in [1.54, 1.807) is 0 Å². The molecule has 2 heterocycles. The second-order valence-electron chi connectivity index (χ2n) is 6.88. The highest BCUT2D eigenvalue weighted by Crippen LogP contribution is 2.29. The van der Waals surface area contributed by atoms with Crippen LogP contribution in [0, 0.1) is 0 Å². The van der Waals surface area contributed by atoms with Crippen LogP contribution in [-0.4, -0.2) is 62.3 Å². The molecule has 0 bridgehead atoms. The molecule has 2 N–H and O–H groups in total. The fourth-order valence-electron chi connectivity index (χ4n) is 3.47. The molecule has 1 aliphatic carbocycles. The quantitative estimate of drug-likeness (QED) is 0.446. The van der Waals surface area contributed by atoms with Gasteiger partial charge >= 0.3 is 0 Å². The van der Waals surface area contributed by atoms with Crippen LogP contribution in [0.15, 0.2) is 16.6 Å².